The number of phosphoric ester groups is 1. The molecule has 0 radical (unpaired) electrons. The first-order valence-corrected chi connectivity index (χ1v) is 27.6. The number of hydrogen-bond donors (Lipinski definition) is 2. The summed E-state index contributed by atoms with van der Waals surface area (Å²) in [4.78, 5) is 22.6. The molecule has 0 heterocycles. The number of ether oxygens (including phenoxy) is 2. The van der Waals surface area contributed by atoms with Crippen LogP contribution in [0.5, 0.6) is 0 Å². The fraction of sp³-hybridized carbons (Fsp3) is 0.830. The molecule has 0 spiro atoms. The van der Waals surface area contributed by atoms with E-state index >= 15 is 0 Å². The second-order valence-corrected chi connectivity index (χ2v) is 18.8. The minimum Gasteiger partial charge on any atom is -0.457 e. The smallest absolute Gasteiger partial charge is 0.457 e. The molecule has 62 heavy (non-hydrogen) atoms. The number of carbonyl (C=O) groups excluding carboxylic acids is 1. The monoisotopic (exact) mass is 894 g/mol. The highest BCUT2D eigenvalue weighted by molar-refractivity contribution is 7.47. The molecular weight excluding hydrogens is 794 g/mol. The van der Waals surface area contributed by atoms with Crippen LogP contribution in [0.4, 0.5) is 0 Å². The number of esters is 1. The van der Waals surface area contributed by atoms with Gasteiger partial charge in [-0.25, -0.2) is 4.57 Å². The molecule has 8 nitrogen and oxygen atoms in total. The molecule has 0 fully saturated rings. The Labute approximate surface area is 383 Å². The lowest BCUT2D eigenvalue weighted by molar-refractivity contribution is -0.154. The first kappa shape index (κ1) is 60.5. The van der Waals surface area contributed by atoms with Crippen LogP contribution in [-0.2, 0) is 27.9 Å². The Hall–Kier alpha value is -1.54. The summed E-state index contributed by atoms with van der Waals surface area (Å²) in [5.41, 5.74) is 5.39. The second kappa shape index (κ2) is 50.5. The molecule has 2 atom stereocenters. The van der Waals surface area contributed by atoms with Gasteiger partial charge in [-0.05, 0) is 77.0 Å². The summed E-state index contributed by atoms with van der Waals surface area (Å²) in [6.07, 6.45) is 61.4. The molecule has 364 valence electrons. The maximum Gasteiger partial charge on any atom is 0.472 e. The fourth-order valence-electron chi connectivity index (χ4n) is 7.35. The minimum atomic E-state index is -4.29. The Morgan fingerprint density at radius 1 is 0.484 bits per heavy atom. The first-order valence-electron chi connectivity index (χ1n) is 26.1. The topological polar surface area (TPSA) is 117 Å². The van der Waals surface area contributed by atoms with Gasteiger partial charge in [-0.3, -0.25) is 13.8 Å². The summed E-state index contributed by atoms with van der Waals surface area (Å²) in [7, 11) is -4.29. The van der Waals surface area contributed by atoms with Crippen LogP contribution in [0.1, 0.15) is 245 Å². The number of nitrogens with two attached hydrogens (primary N) is 1. The molecule has 0 aliphatic heterocycles. The predicted molar refractivity (Wildman–Crippen MR) is 266 cm³/mol. The van der Waals surface area contributed by atoms with Crippen LogP contribution in [0.15, 0.2) is 48.6 Å². The Morgan fingerprint density at radius 2 is 0.855 bits per heavy atom. The highest BCUT2D eigenvalue weighted by atomic mass is 31.2. The maximum atomic E-state index is 12.7. The van der Waals surface area contributed by atoms with E-state index in [-0.39, 0.29) is 32.3 Å². The van der Waals surface area contributed by atoms with Gasteiger partial charge in [0, 0.05) is 19.6 Å². The Bertz CT molecular complexity index is 1090. The van der Waals surface area contributed by atoms with E-state index < -0.39 is 13.9 Å². The molecule has 0 amide bonds. The highest BCUT2D eigenvalue weighted by Crippen LogP contribution is 2.43. The van der Waals surface area contributed by atoms with Crippen molar-refractivity contribution in [3.05, 3.63) is 48.6 Å². The van der Waals surface area contributed by atoms with Crippen LogP contribution in [-0.4, -0.2) is 49.9 Å². The second-order valence-electron chi connectivity index (χ2n) is 17.4. The molecule has 0 saturated carbocycles. The average Bonchev–Trinajstić information content (AvgIpc) is 3.26. The van der Waals surface area contributed by atoms with Gasteiger partial charge in [0.25, 0.3) is 0 Å². The fourth-order valence-corrected chi connectivity index (χ4v) is 8.12. The van der Waals surface area contributed by atoms with Crippen LogP contribution in [0, 0.1) is 0 Å². The van der Waals surface area contributed by atoms with Gasteiger partial charge in [0.1, 0.15) is 6.10 Å². The molecular formula is C53H100NO7P. The van der Waals surface area contributed by atoms with Gasteiger partial charge in [0.05, 0.1) is 19.8 Å². The number of allylic oxidation sites excluding steroid dienone is 8. The van der Waals surface area contributed by atoms with Crippen LogP contribution in [0.3, 0.4) is 0 Å². The molecule has 0 rings (SSSR count). The Morgan fingerprint density at radius 3 is 1.29 bits per heavy atom. The molecule has 9 heteroatoms. The lowest BCUT2D eigenvalue weighted by Gasteiger charge is -2.20. The molecule has 0 bridgehead atoms. The van der Waals surface area contributed by atoms with E-state index in [0.29, 0.717) is 13.0 Å². The van der Waals surface area contributed by atoms with Crippen molar-refractivity contribution in [2.45, 2.75) is 251 Å². The molecule has 0 aliphatic rings. The van der Waals surface area contributed by atoms with Gasteiger partial charge in [-0.1, -0.05) is 210 Å². The van der Waals surface area contributed by atoms with E-state index in [2.05, 4.69) is 62.5 Å². The normalized spacial score (nSPS) is 13.7. The quantitative estimate of drug-likeness (QED) is 0.0268. The lowest BCUT2D eigenvalue weighted by Crippen LogP contribution is -2.28. The zero-order valence-corrected chi connectivity index (χ0v) is 41.5. The molecule has 0 aromatic carbocycles. The summed E-state index contributed by atoms with van der Waals surface area (Å²) < 4.78 is 33.6. The van der Waals surface area contributed by atoms with E-state index in [1.54, 1.807) is 0 Å². The van der Waals surface area contributed by atoms with Crippen molar-refractivity contribution >= 4 is 13.8 Å². The van der Waals surface area contributed by atoms with Gasteiger partial charge >= 0.3 is 13.8 Å². The van der Waals surface area contributed by atoms with Crippen LogP contribution in [0.25, 0.3) is 0 Å². The van der Waals surface area contributed by atoms with E-state index in [0.717, 1.165) is 51.4 Å². The van der Waals surface area contributed by atoms with E-state index in [4.69, 9.17) is 24.3 Å². The summed E-state index contributed by atoms with van der Waals surface area (Å²) >= 11 is 0. The van der Waals surface area contributed by atoms with E-state index in [1.807, 2.05) is 0 Å². The van der Waals surface area contributed by atoms with Gasteiger partial charge in [0.15, 0.2) is 0 Å². The van der Waals surface area contributed by atoms with Gasteiger partial charge < -0.3 is 20.1 Å². The summed E-state index contributed by atoms with van der Waals surface area (Å²) in [5.74, 6) is -0.334. The van der Waals surface area contributed by atoms with Crippen LogP contribution >= 0.6 is 7.82 Å². The molecule has 3 N–H and O–H groups in total. The van der Waals surface area contributed by atoms with Gasteiger partial charge in [-0.2, -0.15) is 0 Å². The number of phosphoric acid groups is 1. The van der Waals surface area contributed by atoms with Crippen molar-refractivity contribution in [1.29, 1.82) is 0 Å². The number of carbonyl (C=O) groups is 1. The molecule has 0 aliphatic carbocycles. The molecule has 0 aromatic heterocycles. The molecule has 2 unspecified atom stereocenters. The maximum absolute atomic E-state index is 12.7. The van der Waals surface area contributed by atoms with Crippen molar-refractivity contribution in [3.63, 3.8) is 0 Å². The number of unbranched alkanes of at least 4 members (excludes halogenated alkanes) is 29. The van der Waals surface area contributed by atoms with Crippen LogP contribution in [0.2, 0.25) is 0 Å². The number of hydrogen-bond acceptors (Lipinski definition) is 7. The van der Waals surface area contributed by atoms with Crippen molar-refractivity contribution in [2.75, 3.05) is 33.0 Å². The highest BCUT2D eigenvalue weighted by Gasteiger charge is 2.25. The van der Waals surface area contributed by atoms with Crippen LogP contribution < -0.4 is 5.73 Å². The third-order valence-corrected chi connectivity index (χ3v) is 12.2. The van der Waals surface area contributed by atoms with E-state index in [9.17, 15) is 14.3 Å². The Balaban J connectivity index is 3.96. The zero-order valence-electron chi connectivity index (χ0n) is 40.6. The largest absolute Gasteiger partial charge is 0.472 e. The van der Waals surface area contributed by atoms with Gasteiger partial charge in [-0.15, -0.1) is 0 Å². The summed E-state index contributed by atoms with van der Waals surface area (Å²) in [6.45, 7) is 4.91. The summed E-state index contributed by atoms with van der Waals surface area (Å²) in [5, 5.41) is 0. The zero-order chi connectivity index (χ0) is 45.1. The van der Waals surface area contributed by atoms with Crippen molar-refractivity contribution < 1.29 is 32.8 Å². The van der Waals surface area contributed by atoms with Crippen molar-refractivity contribution in [1.82, 2.24) is 0 Å². The van der Waals surface area contributed by atoms with Crippen molar-refractivity contribution in [3.8, 4) is 0 Å². The lowest BCUT2D eigenvalue weighted by atomic mass is 10.1. The average molecular weight is 894 g/mol. The van der Waals surface area contributed by atoms with Gasteiger partial charge in [0.2, 0.25) is 0 Å². The third kappa shape index (κ3) is 49.5. The number of rotatable bonds is 50. The molecule has 0 saturated heterocycles. The minimum absolute atomic E-state index is 0.0973. The SMILES string of the molecule is CCCCCCC/C=C\C/C=C\C/C=C\CCCCCCCCCOCC(COP(=O)(O)OCCN)OC(=O)CCCCCCCCCCC/C=C\CCCCCCCCCC. The molecule has 0 aromatic rings. The van der Waals surface area contributed by atoms with E-state index in [1.165, 1.54) is 173 Å². The standard InChI is InChI=1S/C53H100NO7P/c1-3-5-7-9-11-13-15-17-19-21-23-25-27-29-31-33-35-37-39-41-43-45-48-58-50-52(51-60-62(56,57)59-49-47-54)61-53(55)46-44-42-40-38-36-34-32-30-28-26-24-22-20-18-16-14-12-10-8-6-4-2/h15,17,21-24,27,29,52H,3-14,16,18-20,25-26,28,30-51,54H2,1-2H3,(H,56,57)/b17-15-,23-21-,24-22-,29-27-. The van der Waals surface area contributed by atoms with Crippen molar-refractivity contribution in [2.24, 2.45) is 5.73 Å². The first-order chi connectivity index (χ1) is 30.4. The predicted octanol–water partition coefficient (Wildman–Crippen LogP) is 16.3. The summed E-state index contributed by atoms with van der Waals surface area (Å²) in [6, 6.07) is 0. The third-order valence-electron chi connectivity index (χ3n) is 11.2. The Kier molecular flexibility index (Phi) is 49.2.